The quantitative estimate of drug-likeness (QED) is 0.807. The Balaban J connectivity index is 4.68. The monoisotopic (exact) mass is 243 g/mol. The number of ether oxygens (including phenoxy) is 1. The number of carbonyl (C=O) groups excluding carboxylic acids is 1. The number of rotatable bonds is 5. The molecule has 17 heavy (non-hydrogen) atoms. The summed E-state index contributed by atoms with van der Waals surface area (Å²) in [7, 11) is 0. The molecule has 0 aromatic rings. The van der Waals surface area contributed by atoms with Crippen molar-refractivity contribution < 1.29 is 9.53 Å². The summed E-state index contributed by atoms with van der Waals surface area (Å²) < 4.78 is 5.58. The number of hydrogen-bond acceptors (Lipinski definition) is 3. The number of Topliss-reactive ketones (excluding diaryl/α,β-unsaturated/α-hetero) is 1. The minimum Gasteiger partial charge on any atom is -0.377 e. The second-order valence-corrected chi connectivity index (χ2v) is 6.94. The molecule has 0 fully saturated rings. The smallest absolute Gasteiger partial charge is 0.157 e. The third kappa shape index (κ3) is 7.50. The van der Waals surface area contributed by atoms with Crippen LogP contribution in [0.25, 0.3) is 0 Å². The Kier molecular flexibility index (Phi) is 5.82. The highest BCUT2D eigenvalue weighted by atomic mass is 16.5. The van der Waals surface area contributed by atoms with Crippen LogP contribution in [-0.2, 0) is 9.53 Å². The molecule has 102 valence electrons. The van der Waals surface area contributed by atoms with Crippen LogP contribution < -0.4 is 5.32 Å². The Bertz CT molecular complexity index is 246. The summed E-state index contributed by atoms with van der Waals surface area (Å²) in [5, 5.41) is 3.34. The van der Waals surface area contributed by atoms with Gasteiger partial charge in [0.1, 0.15) is 0 Å². The van der Waals surface area contributed by atoms with Gasteiger partial charge in [0, 0.05) is 11.0 Å². The fourth-order valence-corrected chi connectivity index (χ4v) is 1.52. The van der Waals surface area contributed by atoms with Crippen molar-refractivity contribution in [3.63, 3.8) is 0 Å². The molecule has 0 spiro atoms. The summed E-state index contributed by atoms with van der Waals surface area (Å²) in [6.45, 7) is 16.4. The largest absolute Gasteiger partial charge is 0.377 e. The molecule has 0 aromatic carbocycles. The van der Waals surface area contributed by atoms with Crippen LogP contribution in [0.4, 0.5) is 0 Å². The van der Waals surface area contributed by atoms with E-state index in [2.05, 4.69) is 26.1 Å². The predicted molar refractivity (Wildman–Crippen MR) is 72.2 cm³/mol. The van der Waals surface area contributed by atoms with E-state index in [4.69, 9.17) is 4.74 Å². The summed E-state index contributed by atoms with van der Waals surface area (Å²) in [6.07, 6.45) is 0.145. The highest BCUT2D eigenvalue weighted by Crippen LogP contribution is 2.18. The van der Waals surface area contributed by atoms with Crippen LogP contribution in [-0.4, -0.2) is 30.1 Å². The molecule has 1 unspecified atom stereocenters. The van der Waals surface area contributed by atoms with E-state index in [1.165, 1.54) is 0 Å². The highest BCUT2D eigenvalue weighted by Gasteiger charge is 2.32. The van der Waals surface area contributed by atoms with Gasteiger partial charge in [0.25, 0.3) is 0 Å². The maximum absolute atomic E-state index is 12.3. The van der Waals surface area contributed by atoms with Crippen molar-refractivity contribution in [2.45, 2.75) is 73.1 Å². The first kappa shape index (κ1) is 16.6. The molecule has 0 saturated heterocycles. The number of carbonyl (C=O) groups is 1. The van der Waals surface area contributed by atoms with Gasteiger partial charge in [0.05, 0.1) is 18.8 Å². The van der Waals surface area contributed by atoms with Crippen molar-refractivity contribution in [3.05, 3.63) is 0 Å². The van der Waals surface area contributed by atoms with Crippen LogP contribution in [0.15, 0.2) is 0 Å². The van der Waals surface area contributed by atoms with E-state index < -0.39 is 0 Å². The van der Waals surface area contributed by atoms with Gasteiger partial charge in [0.15, 0.2) is 5.78 Å². The van der Waals surface area contributed by atoms with Gasteiger partial charge in [-0.1, -0.05) is 20.8 Å². The first-order valence-corrected chi connectivity index (χ1v) is 6.37. The van der Waals surface area contributed by atoms with Crippen LogP contribution >= 0.6 is 0 Å². The maximum Gasteiger partial charge on any atom is 0.157 e. The zero-order chi connectivity index (χ0) is 13.9. The summed E-state index contributed by atoms with van der Waals surface area (Å²) in [5.41, 5.74) is -0.435. The van der Waals surface area contributed by atoms with Crippen molar-refractivity contribution in [1.29, 1.82) is 0 Å². The minimum atomic E-state index is -0.344. The fourth-order valence-electron chi connectivity index (χ4n) is 1.52. The highest BCUT2D eigenvalue weighted by molar-refractivity contribution is 5.88. The average molecular weight is 243 g/mol. The molecule has 1 N–H and O–H groups in total. The molecule has 0 bridgehead atoms. The zero-order valence-electron chi connectivity index (χ0n) is 12.7. The molecule has 0 aromatic heterocycles. The van der Waals surface area contributed by atoms with Gasteiger partial charge >= 0.3 is 0 Å². The molecule has 1 atom stereocenters. The van der Waals surface area contributed by atoms with Gasteiger partial charge in [-0.3, -0.25) is 4.79 Å². The third-order valence-corrected chi connectivity index (χ3v) is 2.26. The van der Waals surface area contributed by atoms with E-state index in [9.17, 15) is 4.79 Å². The summed E-state index contributed by atoms with van der Waals surface area (Å²) in [4.78, 5) is 12.3. The van der Waals surface area contributed by atoms with Crippen LogP contribution in [0, 0.1) is 5.41 Å². The van der Waals surface area contributed by atoms with E-state index in [1.54, 1.807) is 0 Å². The Morgan fingerprint density at radius 2 is 1.59 bits per heavy atom. The topological polar surface area (TPSA) is 38.3 Å². The lowest BCUT2D eigenvalue weighted by atomic mass is 9.86. The van der Waals surface area contributed by atoms with Crippen molar-refractivity contribution >= 4 is 5.78 Å². The average Bonchev–Trinajstić information content (AvgIpc) is 2.07. The third-order valence-electron chi connectivity index (χ3n) is 2.26. The Morgan fingerprint density at radius 1 is 1.12 bits per heavy atom. The van der Waals surface area contributed by atoms with Crippen LogP contribution in [0.2, 0.25) is 0 Å². The van der Waals surface area contributed by atoms with Crippen molar-refractivity contribution in [3.8, 4) is 0 Å². The van der Waals surface area contributed by atoms with E-state index in [0.717, 1.165) is 0 Å². The van der Waals surface area contributed by atoms with E-state index in [-0.39, 0.29) is 28.9 Å². The molecule has 3 heteroatoms. The molecular formula is C14H29NO2. The normalized spacial score (nSPS) is 15.1. The molecule has 0 saturated carbocycles. The predicted octanol–water partition coefficient (Wildman–Crippen LogP) is 2.78. The molecule has 0 amide bonds. The molecule has 3 nitrogen and oxygen atoms in total. The van der Waals surface area contributed by atoms with Crippen molar-refractivity contribution in [2.24, 2.45) is 5.41 Å². The molecule has 0 rings (SSSR count). The summed E-state index contributed by atoms with van der Waals surface area (Å²) in [5.74, 6) is 0.202. The molecule has 0 aliphatic rings. The van der Waals surface area contributed by atoms with Crippen molar-refractivity contribution in [2.75, 3.05) is 6.61 Å². The Morgan fingerprint density at radius 3 is 1.88 bits per heavy atom. The molecule has 0 aliphatic carbocycles. The Hall–Kier alpha value is -0.410. The summed E-state index contributed by atoms with van der Waals surface area (Å²) in [6, 6.07) is -0.239. The van der Waals surface area contributed by atoms with Crippen LogP contribution in [0.1, 0.15) is 55.4 Å². The molecule has 0 radical (unpaired) electrons. The lowest BCUT2D eigenvalue weighted by Crippen LogP contribution is -2.53. The zero-order valence-corrected chi connectivity index (χ0v) is 12.7. The molecule has 0 heterocycles. The van der Waals surface area contributed by atoms with E-state index >= 15 is 0 Å². The summed E-state index contributed by atoms with van der Waals surface area (Å²) >= 11 is 0. The number of hydrogen-bond donors (Lipinski definition) is 1. The van der Waals surface area contributed by atoms with Gasteiger partial charge in [0.2, 0.25) is 0 Å². The lowest BCUT2D eigenvalue weighted by molar-refractivity contribution is -0.131. The second kappa shape index (κ2) is 5.96. The number of ketones is 1. The van der Waals surface area contributed by atoms with Crippen LogP contribution in [0.3, 0.4) is 0 Å². The lowest BCUT2D eigenvalue weighted by Gasteiger charge is -2.32. The Labute approximate surface area is 106 Å². The van der Waals surface area contributed by atoms with Crippen molar-refractivity contribution in [1.82, 2.24) is 5.32 Å². The standard InChI is InChI=1S/C14H29NO2/c1-10(2)17-9-11(15-14(6,7)8)12(16)13(3,4)5/h10-11,15H,9H2,1-8H3. The van der Waals surface area contributed by atoms with Gasteiger partial charge < -0.3 is 10.1 Å². The van der Waals surface area contributed by atoms with E-state index in [1.807, 2.05) is 34.6 Å². The molecular weight excluding hydrogens is 214 g/mol. The fraction of sp³-hybridized carbons (Fsp3) is 0.929. The van der Waals surface area contributed by atoms with E-state index in [0.29, 0.717) is 6.61 Å². The minimum absolute atomic E-state index is 0.0914. The van der Waals surface area contributed by atoms with Gasteiger partial charge in [-0.25, -0.2) is 0 Å². The maximum atomic E-state index is 12.3. The molecule has 0 aliphatic heterocycles. The first-order valence-electron chi connectivity index (χ1n) is 6.37. The van der Waals surface area contributed by atoms with Gasteiger partial charge in [-0.2, -0.15) is 0 Å². The van der Waals surface area contributed by atoms with Crippen LogP contribution in [0.5, 0.6) is 0 Å². The van der Waals surface area contributed by atoms with Gasteiger partial charge in [-0.15, -0.1) is 0 Å². The first-order chi connectivity index (χ1) is 7.43. The SMILES string of the molecule is CC(C)OCC(NC(C)(C)C)C(=O)C(C)(C)C. The number of nitrogens with one attached hydrogen (secondary N) is 1. The van der Waals surface area contributed by atoms with Gasteiger partial charge in [-0.05, 0) is 34.6 Å². The second-order valence-electron chi connectivity index (χ2n) is 6.94.